The zero-order chi connectivity index (χ0) is 13.8. The Kier molecular flexibility index (Phi) is 4.51. The van der Waals surface area contributed by atoms with Gasteiger partial charge in [-0.05, 0) is 11.8 Å². The minimum atomic E-state index is 0.331. The summed E-state index contributed by atoms with van der Waals surface area (Å²) >= 11 is 2.91. The first-order chi connectivity index (χ1) is 9.08. The van der Waals surface area contributed by atoms with Crippen molar-refractivity contribution >= 4 is 34.0 Å². The highest BCUT2D eigenvalue weighted by atomic mass is 32.2. The molecule has 19 heavy (non-hydrogen) atoms. The van der Waals surface area contributed by atoms with Crippen molar-refractivity contribution in [3.8, 4) is 0 Å². The maximum absolute atomic E-state index is 5.74. The Bertz CT molecular complexity index is 559. The van der Waals surface area contributed by atoms with Gasteiger partial charge < -0.3 is 15.4 Å². The summed E-state index contributed by atoms with van der Waals surface area (Å²) in [5.74, 6) is 0.976. The molecule has 9 heteroatoms. The third-order valence-electron chi connectivity index (χ3n) is 2.01. The van der Waals surface area contributed by atoms with Crippen molar-refractivity contribution in [2.75, 3.05) is 31.8 Å². The topological polar surface area (TPSA) is 90.0 Å². The predicted molar refractivity (Wildman–Crippen MR) is 75.5 cm³/mol. The average Bonchev–Trinajstić information content (AvgIpc) is 2.77. The van der Waals surface area contributed by atoms with Crippen LogP contribution >= 0.6 is 23.1 Å². The van der Waals surface area contributed by atoms with Crippen LogP contribution in [0.5, 0.6) is 0 Å². The average molecular weight is 298 g/mol. The van der Waals surface area contributed by atoms with Gasteiger partial charge in [-0.15, -0.1) is 10.2 Å². The summed E-state index contributed by atoms with van der Waals surface area (Å²) in [6.45, 7) is 0.331. The summed E-state index contributed by atoms with van der Waals surface area (Å²) in [5, 5.41) is 9.75. The Hall–Kier alpha value is -1.45. The van der Waals surface area contributed by atoms with E-state index in [0.717, 1.165) is 14.5 Å². The zero-order valence-corrected chi connectivity index (χ0v) is 12.5. The van der Waals surface area contributed by atoms with Gasteiger partial charge in [-0.3, -0.25) is 0 Å². The van der Waals surface area contributed by atoms with Crippen LogP contribution in [-0.4, -0.2) is 41.4 Å². The van der Waals surface area contributed by atoms with E-state index >= 15 is 0 Å². The zero-order valence-electron chi connectivity index (χ0n) is 10.8. The van der Waals surface area contributed by atoms with Crippen LogP contribution in [0.4, 0.5) is 10.9 Å². The van der Waals surface area contributed by atoms with Crippen molar-refractivity contribution in [2.45, 2.75) is 16.0 Å². The first-order valence-electron chi connectivity index (χ1n) is 5.39. The Labute approximate surface area is 119 Å². The second-order valence-corrected chi connectivity index (χ2v) is 6.05. The van der Waals surface area contributed by atoms with E-state index in [1.807, 2.05) is 19.0 Å². The number of hydrogen-bond acceptors (Lipinski definition) is 9. The minimum absolute atomic E-state index is 0.331. The van der Waals surface area contributed by atoms with E-state index in [4.69, 9.17) is 10.5 Å². The summed E-state index contributed by atoms with van der Waals surface area (Å²) < 4.78 is 5.81. The molecule has 2 rings (SSSR count). The standard InChI is InChI=1S/C10H14N6OS2/c1-16(2)9-14-15-10(19-9)18-8-4-6(11)12-7(13-8)5-17-3/h4H,5H2,1-3H3,(H2,11,12,13). The fourth-order valence-electron chi connectivity index (χ4n) is 1.25. The first kappa shape index (κ1) is 14.0. The number of nitrogens with zero attached hydrogens (tertiary/aromatic N) is 5. The molecule has 0 radical (unpaired) electrons. The lowest BCUT2D eigenvalue weighted by atomic mass is 10.5. The number of methoxy groups -OCH3 is 1. The van der Waals surface area contributed by atoms with Gasteiger partial charge in [0.2, 0.25) is 5.13 Å². The maximum atomic E-state index is 5.74. The molecule has 0 aliphatic rings. The van der Waals surface area contributed by atoms with E-state index < -0.39 is 0 Å². The molecular formula is C10H14N6OS2. The number of anilines is 2. The molecule has 0 aromatic carbocycles. The third kappa shape index (κ3) is 3.75. The van der Waals surface area contributed by atoms with E-state index in [-0.39, 0.29) is 0 Å². The van der Waals surface area contributed by atoms with Crippen molar-refractivity contribution in [3.05, 3.63) is 11.9 Å². The molecule has 0 aliphatic carbocycles. The fraction of sp³-hybridized carbons (Fsp3) is 0.400. The molecule has 2 aromatic heterocycles. The predicted octanol–water partition coefficient (Wildman–Crippen LogP) is 1.27. The maximum Gasteiger partial charge on any atom is 0.208 e. The summed E-state index contributed by atoms with van der Waals surface area (Å²) in [6.07, 6.45) is 0. The Morgan fingerprint density at radius 3 is 2.79 bits per heavy atom. The van der Waals surface area contributed by atoms with Crippen LogP contribution in [0, 0.1) is 0 Å². The van der Waals surface area contributed by atoms with Crippen LogP contribution in [0.25, 0.3) is 0 Å². The molecule has 0 bridgehead atoms. The molecule has 0 unspecified atom stereocenters. The summed E-state index contributed by atoms with van der Waals surface area (Å²) in [4.78, 5) is 10.3. The molecule has 0 amide bonds. The van der Waals surface area contributed by atoms with Crippen molar-refractivity contribution in [1.82, 2.24) is 20.2 Å². The highest BCUT2D eigenvalue weighted by Gasteiger charge is 2.10. The van der Waals surface area contributed by atoms with Crippen LogP contribution in [0.2, 0.25) is 0 Å². The first-order valence-corrected chi connectivity index (χ1v) is 7.03. The van der Waals surface area contributed by atoms with Crippen molar-refractivity contribution < 1.29 is 4.74 Å². The lowest BCUT2D eigenvalue weighted by molar-refractivity contribution is 0.177. The second-order valence-electron chi connectivity index (χ2n) is 3.83. The molecule has 0 saturated carbocycles. The lowest BCUT2D eigenvalue weighted by Gasteiger charge is -2.04. The number of ether oxygens (including phenoxy) is 1. The number of nitrogens with two attached hydrogens (primary N) is 1. The molecule has 0 aliphatic heterocycles. The summed E-state index contributed by atoms with van der Waals surface area (Å²) in [5.41, 5.74) is 5.74. The van der Waals surface area contributed by atoms with Gasteiger partial charge in [-0.2, -0.15) is 0 Å². The smallest absolute Gasteiger partial charge is 0.208 e. The van der Waals surface area contributed by atoms with Crippen molar-refractivity contribution in [3.63, 3.8) is 0 Å². The van der Waals surface area contributed by atoms with Gasteiger partial charge in [-0.25, -0.2) is 9.97 Å². The van der Waals surface area contributed by atoms with Crippen LogP contribution < -0.4 is 10.6 Å². The highest BCUT2D eigenvalue weighted by Crippen LogP contribution is 2.32. The SMILES string of the molecule is COCc1nc(N)cc(Sc2nnc(N(C)C)s2)n1. The van der Waals surface area contributed by atoms with Gasteiger partial charge in [0.25, 0.3) is 0 Å². The minimum Gasteiger partial charge on any atom is -0.384 e. The second kappa shape index (κ2) is 6.13. The Morgan fingerprint density at radius 1 is 1.37 bits per heavy atom. The molecule has 7 nitrogen and oxygen atoms in total. The highest BCUT2D eigenvalue weighted by molar-refractivity contribution is 8.01. The number of hydrogen-bond donors (Lipinski definition) is 1. The van der Waals surface area contributed by atoms with Gasteiger partial charge in [0, 0.05) is 27.3 Å². The molecular weight excluding hydrogens is 284 g/mol. The van der Waals surface area contributed by atoms with Gasteiger partial charge >= 0.3 is 0 Å². The molecule has 2 heterocycles. The molecule has 0 fully saturated rings. The van der Waals surface area contributed by atoms with Crippen LogP contribution in [0.15, 0.2) is 15.4 Å². The Morgan fingerprint density at radius 2 is 2.16 bits per heavy atom. The number of nitrogen functional groups attached to an aromatic ring is 1. The van der Waals surface area contributed by atoms with Crippen LogP contribution in [0.3, 0.4) is 0 Å². The van der Waals surface area contributed by atoms with Crippen LogP contribution in [0.1, 0.15) is 5.82 Å². The quantitative estimate of drug-likeness (QED) is 0.825. The molecule has 2 N–H and O–H groups in total. The molecule has 0 saturated heterocycles. The third-order valence-corrected chi connectivity index (χ3v) is 4.07. The molecule has 0 atom stereocenters. The molecule has 2 aromatic rings. The van der Waals surface area contributed by atoms with Crippen LogP contribution in [-0.2, 0) is 11.3 Å². The monoisotopic (exact) mass is 298 g/mol. The van der Waals surface area contributed by atoms with E-state index in [0.29, 0.717) is 18.2 Å². The lowest BCUT2D eigenvalue weighted by Crippen LogP contribution is -2.07. The van der Waals surface area contributed by atoms with Crippen molar-refractivity contribution in [2.24, 2.45) is 0 Å². The molecule has 102 valence electrons. The van der Waals surface area contributed by atoms with Gasteiger partial charge in [0.15, 0.2) is 10.2 Å². The fourth-order valence-corrected chi connectivity index (χ4v) is 2.99. The van der Waals surface area contributed by atoms with Gasteiger partial charge in [0.05, 0.1) is 0 Å². The summed E-state index contributed by atoms with van der Waals surface area (Å²) in [7, 11) is 5.44. The normalized spacial score (nSPS) is 10.7. The largest absolute Gasteiger partial charge is 0.384 e. The van der Waals surface area contributed by atoms with Crippen molar-refractivity contribution in [1.29, 1.82) is 0 Å². The summed E-state index contributed by atoms with van der Waals surface area (Å²) in [6, 6.07) is 1.71. The van der Waals surface area contributed by atoms with E-state index in [1.165, 1.54) is 23.1 Å². The van der Waals surface area contributed by atoms with E-state index in [1.54, 1.807) is 13.2 Å². The van der Waals surface area contributed by atoms with Gasteiger partial charge in [-0.1, -0.05) is 11.3 Å². The number of aromatic nitrogens is 4. The molecule has 0 spiro atoms. The Balaban J connectivity index is 2.17. The number of rotatable bonds is 5. The van der Waals surface area contributed by atoms with E-state index in [9.17, 15) is 0 Å². The van der Waals surface area contributed by atoms with Gasteiger partial charge in [0.1, 0.15) is 17.5 Å². The van der Waals surface area contributed by atoms with E-state index in [2.05, 4.69) is 20.2 Å².